The summed E-state index contributed by atoms with van der Waals surface area (Å²) in [5.41, 5.74) is 0. The summed E-state index contributed by atoms with van der Waals surface area (Å²) < 4.78 is 262. The Morgan fingerprint density at radius 1 is 0.133 bits per heavy atom. The Kier molecular flexibility index (Phi) is 5.05. The van der Waals surface area contributed by atoms with Crippen LogP contribution in [-0.2, 0) is 0 Å². The number of hydrogen-bond acceptors (Lipinski definition) is 0. The molecule has 20 heteroatoms. The molecule has 1 aliphatic rings. The van der Waals surface area contributed by atoms with Crippen LogP contribution in [0.2, 0.25) is 0 Å². The molecule has 30 heavy (non-hydrogen) atoms. The molecule has 0 spiro atoms. The molecule has 0 aliphatic heterocycles. The van der Waals surface area contributed by atoms with Gasteiger partial charge in [-0.05, 0) is 0 Å². The van der Waals surface area contributed by atoms with E-state index in [4.69, 9.17) is 0 Å². The van der Waals surface area contributed by atoms with Crippen molar-refractivity contribution in [3.63, 3.8) is 0 Å². The first kappa shape index (κ1) is 26.6. The second-order valence-electron chi connectivity index (χ2n) is 5.74. The molecular weight excluding hydrogens is 500 g/mol. The highest BCUT2D eigenvalue weighted by Gasteiger charge is 3.03. The van der Waals surface area contributed by atoms with Crippen molar-refractivity contribution in [3.8, 4) is 0 Å². The number of halogens is 20. The van der Waals surface area contributed by atoms with Crippen LogP contribution in [0.15, 0.2) is 0 Å². The molecular formula is C10F20. The molecule has 0 amide bonds. The Morgan fingerprint density at radius 3 is 0.200 bits per heavy atom. The lowest BCUT2D eigenvalue weighted by Crippen LogP contribution is -2.82. The monoisotopic (exact) mass is 500 g/mol. The van der Waals surface area contributed by atoms with Crippen LogP contribution in [0.1, 0.15) is 0 Å². The molecule has 1 saturated carbocycles. The summed E-state index contributed by atoms with van der Waals surface area (Å²) in [6.07, 6.45) is 0. The molecule has 180 valence electrons. The highest BCUT2D eigenvalue weighted by Crippen LogP contribution is 2.70. The highest BCUT2D eigenvalue weighted by molar-refractivity contribution is 5.23. The summed E-state index contributed by atoms with van der Waals surface area (Å²) in [7, 11) is 0. The van der Waals surface area contributed by atoms with Crippen LogP contribution in [0.25, 0.3) is 0 Å². The molecule has 0 N–H and O–H groups in total. The van der Waals surface area contributed by atoms with E-state index in [0.717, 1.165) is 0 Å². The zero-order valence-electron chi connectivity index (χ0n) is 12.6. The first-order chi connectivity index (χ1) is 12.5. The van der Waals surface area contributed by atoms with E-state index < -0.39 is 59.2 Å². The van der Waals surface area contributed by atoms with Gasteiger partial charge in [-0.15, -0.1) is 0 Å². The molecule has 0 aromatic rings. The van der Waals surface area contributed by atoms with E-state index in [1.807, 2.05) is 0 Å². The lowest BCUT2D eigenvalue weighted by molar-refractivity contribution is -0.506. The fraction of sp³-hybridized carbons (Fsp3) is 1.00. The van der Waals surface area contributed by atoms with Gasteiger partial charge >= 0.3 is 59.2 Å². The van der Waals surface area contributed by atoms with Crippen LogP contribution in [0.5, 0.6) is 0 Å². The predicted octanol–water partition coefficient (Wildman–Crippen LogP) is 6.35. The average molecular weight is 500 g/mol. The van der Waals surface area contributed by atoms with Crippen LogP contribution >= 0.6 is 0 Å². The van der Waals surface area contributed by atoms with Gasteiger partial charge in [0.2, 0.25) is 0 Å². The third kappa shape index (κ3) is 2.22. The van der Waals surface area contributed by atoms with E-state index in [0.29, 0.717) is 0 Å². The van der Waals surface area contributed by atoms with Crippen LogP contribution in [0.3, 0.4) is 0 Å². The minimum absolute atomic E-state index is 8.92. The van der Waals surface area contributed by atoms with Crippen LogP contribution in [0, 0.1) is 0 Å². The first-order valence-corrected chi connectivity index (χ1v) is 6.28. The van der Waals surface area contributed by atoms with Gasteiger partial charge in [-0.25, -0.2) is 0 Å². The largest absolute Gasteiger partial charge is 0.385 e. The smallest absolute Gasteiger partial charge is 0.192 e. The Labute approximate surface area is 148 Å². The molecule has 0 nitrogen and oxygen atoms in total. The van der Waals surface area contributed by atoms with Crippen molar-refractivity contribution in [1.29, 1.82) is 0 Å². The topological polar surface area (TPSA) is 0 Å². The lowest BCUT2D eigenvalue weighted by Gasteiger charge is -2.49. The predicted molar refractivity (Wildman–Crippen MR) is 49.5 cm³/mol. The molecule has 0 bridgehead atoms. The Morgan fingerprint density at radius 2 is 0.167 bits per heavy atom. The molecule has 0 aromatic heterocycles. The van der Waals surface area contributed by atoms with E-state index in [2.05, 4.69) is 0 Å². The van der Waals surface area contributed by atoms with Gasteiger partial charge in [0.25, 0.3) is 0 Å². The normalized spacial score (nSPS) is 34.0. The first-order valence-electron chi connectivity index (χ1n) is 6.28. The summed E-state index contributed by atoms with van der Waals surface area (Å²) in [5.74, 6) is -89.2. The van der Waals surface area contributed by atoms with Crippen LogP contribution in [-0.4, -0.2) is 59.2 Å². The van der Waals surface area contributed by atoms with E-state index in [9.17, 15) is 87.8 Å². The second kappa shape index (κ2) is 5.69. The van der Waals surface area contributed by atoms with Gasteiger partial charge in [-0.1, -0.05) is 0 Å². The number of alkyl halides is 20. The third-order valence-corrected chi connectivity index (χ3v) is 3.94. The van der Waals surface area contributed by atoms with Crippen molar-refractivity contribution in [2.24, 2.45) is 0 Å². The summed E-state index contributed by atoms with van der Waals surface area (Å²) in [6, 6.07) is 0. The molecule has 0 unspecified atom stereocenters. The van der Waals surface area contributed by atoms with E-state index in [1.54, 1.807) is 0 Å². The third-order valence-electron chi connectivity index (χ3n) is 3.94. The minimum Gasteiger partial charge on any atom is -0.192 e. The highest BCUT2D eigenvalue weighted by atomic mass is 19.4. The second-order valence-corrected chi connectivity index (χ2v) is 5.74. The van der Waals surface area contributed by atoms with Gasteiger partial charge in [0.15, 0.2) is 0 Å². The SMILES string of the molecule is FC1(F)C(F)(F)C(F)(F)C(F)(F)C(F)(F)C(F)(F)C(F)(F)C(F)(F)C(F)(F)C1(F)F. The van der Waals surface area contributed by atoms with Crippen molar-refractivity contribution in [1.82, 2.24) is 0 Å². The lowest BCUT2D eigenvalue weighted by atomic mass is 9.80. The molecule has 0 atom stereocenters. The fourth-order valence-electron chi connectivity index (χ4n) is 1.97. The van der Waals surface area contributed by atoms with E-state index in [1.165, 1.54) is 0 Å². The Hall–Kier alpha value is -1.40. The van der Waals surface area contributed by atoms with E-state index in [-0.39, 0.29) is 0 Å². The maximum Gasteiger partial charge on any atom is 0.385 e. The zero-order valence-corrected chi connectivity index (χ0v) is 12.6. The summed E-state index contributed by atoms with van der Waals surface area (Å²) >= 11 is 0. The quantitative estimate of drug-likeness (QED) is 0.340. The van der Waals surface area contributed by atoms with Gasteiger partial charge in [0.1, 0.15) is 0 Å². The van der Waals surface area contributed by atoms with Crippen molar-refractivity contribution in [3.05, 3.63) is 0 Å². The van der Waals surface area contributed by atoms with E-state index >= 15 is 0 Å². The molecule has 0 aromatic carbocycles. The van der Waals surface area contributed by atoms with Crippen LogP contribution in [0.4, 0.5) is 87.8 Å². The number of hydrogen-bond donors (Lipinski definition) is 0. The van der Waals surface area contributed by atoms with Gasteiger partial charge in [0, 0.05) is 0 Å². The molecule has 1 fully saturated rings. The minimum atomic E-state index is -8.92. The van der Waals surface area contributed by atoms with Crippen molar-refractivity contribution < 1.29 is 87.8 Å². The Balaban J connectivity index is 4.35. The van der Waals surface area contributed by atoms with Crippen LogP contribution < -0.4 is 0 Å². The van der Waals surface area contributed by atoms with Crippen molar-refractivity contribution in [2.75, 3.05) is 0 Å². The fourth-order valence-corrected chi connectivity index (χ4v) is 1.97. The summed E-state index contributed by atoms with van der Waals surface area (Å²) in [5, 5.41) is 0. The van der Waals surface area contributed by atoms with Crippen molar-refractivity contribution >= 4 is 0 Å². The molecule has 1 rings (SSSR count). The summed E-state index contributed by atoms with van der Waals surface area (Å²) in [6.45, 7) is 0. The Bertz CT molecular complexity index is 457. The summed E-state index contributed by atoms with van der Waals surface area (Å²) in [4.78, 5) is 0. The zero-order chi connectivity index (χ0) is 25.0. The molecule has 0 saturated heterocycles. The number of rotatable bonds is 0. The van der Waals surface area contributed by atoms with Gasteiger partial charge in [0.05, 0.1) is 0 Å². The van der Waals surface area contributed by atoms with Gasteiger partial charge in [-0.2, -0.15) is 87.8 Å². The van der Waals surface area contributed by atoms with Gasteiger partial charge < -0.3 is 0 Å². The molecule has 1 aliphatic carbocycles. The maximum atomic E-state index is 13.1. The maximum absolute atomic E-state index is 13.1. The standard InChI is InChI=1S/C10F20/c11-1(12)2(13,14)4(17,18)6(21,22)8(25,26)10(29,30)9(27,28)7(23,24)5(19,20)3(1,15)16. The molecule has 0 radical (unpaired) electrons. The van der Waals surface area contributed by atoms with Crippen molar-refractivity contribution in [2.45, 2.75) is 59.2 Å². The molecule has 0 heterocycles. The van der Waals surface area contributed by atoms with Gasteiger partial charge in [-0.3, -0.25) is 0 Å². The average Bonchev–Trinajstić information content (AvgIpc) is 2.51.